The first kappa shape index (κ1) is 14.2. The SMILES string of the molecule is Cc1cc(C)cc(C(C)(O)c2cccc3c2OCCC3)c1. The molecular formula is C19H22O2. The molecule has 2 aromatic carbocycles. The maximum absolute atomic E-state index is 11.2. The van der Waals surface area contributed by atoms with Gasteiger partial charge in [-0.25, -0.2) is 0 Å². The third-order valence-electron chi connectivity index (χ3n) is 4.24. The Labute approximate surface area is 126 Å². The van der Waals surface area contributed by atoms with Gasteiger partial charge in [0.1, 0.15) is 11.4 Å². The maximum atomic E-state index is 11.2. The van der Waals surface area contributed by atoms with Crippen molar-refractivity contribution in [3.05, 3.63) is 64.2 Å². The molecule has 3 rings (SSSR count). The van der Waals surface area contributed by atoms with E-state index < -0.39 is 5.60 Å². The molecule has 0 amide bonds. The van der Waals surface area contributed by atoms with Crippen LogP contribution in [0.25, 0.3) is 0 Å². The van der Waals surface area contributed by atoms with Crippen molar-refractivity contribution in [1.82, 2.24) is 0 Å². The molecule has 0 saturated heterocycles. The van der Waals surface area contributed by atoms with Crippen LogP contribution in [0.1, 0.15) is 41.2 Å². The molecule has 2 heteroatoms. The topological polar surface area (TPSA) is 29.5 Å². The molecule has 2 aromatic rings. The van der Waals surface area contributed by atoms with Gasteiger partial charge in [0.15, 0.2) is 0 Å². The van der Waals surface area contributed by atoms with Crippen LogP contribution < -0.4 is 4.74 Å². The molecule has 0 bridgehead atoms. The molecule has 1 unspecified atom stereocenters. The van der Waals surface area contributed by atoms with Gasteiger partial charge in [-0.3, -0.25) is 0 Å². The highest BCUT2D eigenvalue weighted by Gasteiger charge is 2.31. The zero-order chi connectivity index (χ0) is 15.0. The van der Waals surface area contributed by atoms with Gasteiger partial charge in [-0.05, 0) is 44.7 Å². The lowest BCUT2D eigenvalue weighted by molar-refractivity contribution is 0.0966. The maximum Gasteiger partial charge on any atom is 0.128 e. The van der Waals surface area contributed by atoms with E-state index in [1.807, 2.05) is 19.1 Å². The summed E-state index contributed by atoms with van der Waals surface area (Å²) in [6, 6.07) is 12.3. The molecule has 0 fully saturated rings. The molecule has 0 spiro atoms. The minimum atomic E-state index is -1.04. The van der Waals surface area contributed by atoms with Crippen LogP contribution in [0.15, 0.2) is 36.4 Å². The molecular weight excluding hydrogens is 260 g/mol. The summed E-state index contributed by atoms with van der Waals surface area (Å²) in [4.78, 5) is 0. The van der Waals surface area contributed by atoms with Crippen molar-refractivity contribution >= 4 is 0 Å². The summed E-state index contributed by atoms with van der Waals surface area (Å²) in [5, 5.41) is 11.2. The first-order valence-electron chi connectivity index (χ1n) is 7.55. The van der Waals surface area contributed by atoms with Gasteiger partial charge in [-0.1, -0.05) is 47.5 Å². The third kappa shape index (κ3) is 2.56. The molecule has 2 nitrogen and oxygen atoms in total. The van der Waals surface area contributed by atoms with Gasteiger partial charge in [0.05, 0.1) is 6.61 Å². The van der Waals surface area contributed by atoms with Crippen LogP contribution in [0.2, 0.25) is 0 Å². The summed E-state index contributed by atoms with van der Waals surface area (Å²) in [5.74, 6) is 0.868. The fraction of sp³-hybridized carbons (Fsp3) is 0.368. The van der Waals surface area contributed by atoms with Gasteiger partial charge in [0.25, 0.3) is 0 Å². The summed E-state index contributed by atoms with van der Waals surface area (Å²) in [7, 11) is 0. The van der Waals surface area contributed by atoms with Crippen LogP contribution in [-0.2, 0) is 12.0 Å². The summed E-state index contributed by atoms with van der Waals surface area (Å²) < 4.78 is 5.86. The van der Waals surface area contributed by atoms with Crippen molar-refractivity contribution in [3.8, 4) is 5.75 Å². The first-order valence-corrected chi connectivity index (χ1v) is 7.55. The van der Waals surface area contributed by atoms with E-state index in [2.05, 4.69) is 38.1 Å². The third-order valence-corrected chi connectivity index (χ3v) is 4.24. The average Bonchev–Trinajstić information content (AvgIpc) is 2.45. The highest BCUT2D eigenvalue weighted by Crippen LogP contribution is 2.39. The summed E-state index contributed by atoms with van der Waals surface area (Å²) in [6.45, 7) is 6.70. The predicted octanol–water partition coefficient (Wildman–Crippen LogP) is 3.88. The van der Waals surface area contributed by atoms with Crippen molar-refractivity contribution in [2.24, 2.45) is 0 Å². The Bertz CT molecular complexity index is 651. The lowest BCUT2D eigenvalue weighted by Crippen LogP contribution is -2.25. The van der Waals surface area contributed by atoms with Gasteiger partial charge in [-0.2, -0.15) is 0 Å². The number of hydrogen-bond donors (Lipinski definition) is 1. The van der Waals surface area contributed by atoms with Crippen molar-refractivity contribution in [2.45, 2.75) is 39.2 Å². The fourth-order valence-electron chi connectivity index (χ4n) is 3.18. The van der Waals surface area contributed by atoms with E-state index >= 15 is 0 Å². The molecule has 0 aromatic heterocycles. The average molecular weight is 282 g/mol. The van der Waals surface area contributed by atoms with Gasteiger partial charge >= 0.3 is 0 Å². The zero-order valence-electron chi connectivity index (χ0n) is 12.9. The Balaban J connectivity index is 2.13. The summed E-state index contributed by atoms with van der Waals surface area (Å²) in [5.41, 5.74) is 4.27. The molecule has 0 aliphatic carbocycles. The molecule has 21 heavy (non-hydrogen) atoms. The molecule has 1 N–H and O–H groups in total. The van der Waals surface area contributed by atoms with Crippen molar-refractivity contribution in [2.75, 3.05) is 6.61 Å². The second-order valence-electron chi connectivity index (χ2n) is 6.19. The quantitative estimate of drug-likeness (QED) is 0.905. The molecule has 110 valence electrons. The number of aryl methyl sites for hydroxylation is 3. The second-order valence-corrected chi connectivity index (χ2v) is 6.19. The molecule has 1 aliphatic heterocycles. The number of aliphatic hydroxyl groups is 1. The second kappa shape index (κ2) is 5.19. The number of fused-ring (bicyclic) bond motifs is 1. The Morgan fingerprint density at radius 1 is 1.10 bits per heavy atom. The lowest BCUT2D eigenvalue weighted by Gasteiger charge is -2.30. The highest BCUT2D eigenvalue weighted by molar-refractivity contribution is 5.50. The van der Waals surface area contributed by atoms with Crippen LogP contribution >= 0.6 is 0 Å². The van der Waals surface area contributed by atoms with Crippen LogP contribution in [0.3, 0.4) is 0 Å². The van der Waals surface area contributed by atoms with Crippen LogP contribution in [0.5, 0.6) is 5.75 Å². The molecule has 0 radical (unpaired) electrons. The van der Waals surface area contributed by atoms with E-state index in [0.717, 1.165) is 47.5 Å². The Morgan fingerprint density at radius 2 is 1.81 bits per heavy atom. The van der Waals surface area contributed by atoms with E-state index in [9.17, 15) is 5.11 Å². The number of hydrogen-bond acceptors (Lipinski definition) is 2. The minimum Gasteiger partial charge on any atom is -0.493 e. The molecule has 1 atom stereocenters. The highest BCUT2D eigenvalue weighted by atomic mass is 16.5. The van der Waals surface area contributed by atoms with E-state index in [0.29, 0.717) is 0 Å². The van der Waals surface area contributed by atoms with Crippen molar-refractivity contribution < 1.29 is 9.84 Å². The van der Waals surface area contributed by atoms with Crippen LogP contribution in [0, 0.1) is 13.8 Å². The largest absolute Gasteiger partial charge is 0.493 e. The standard InChI is InChI=1S/C19H22O2/c1-13-10-14(2)12-16(11-13)19(3,20)17-8-4-6-15-7-5-9-21-18(15)17/h4,6,8,10-12,20H,5,7,9H2,1-3H3. The zero-order valence-corrected chi connectivity index (χ0v) is 12.9. The molecule has 1 aliphatic rings. The van der Waals surface area contributed by atoms with Gasteiger partial charge in [0.2, 0.25) is 0 Å². The van der Waals surface area contributed by atoms with Crippen LogP contribution in [-0.4, -0.2) is 11.7 Å². The number of rotatable bonds is 2. The van der Waals surface area contributed by atoms with E-state index in [1.165, 1.54) is 5.56 Å². The van der Waals surface area contributed by atoms with Crippen molar-refractivity contribution in [1.29, 1.82) is 0 Å². The van der Waals surface area contributed by atoms with E-state index in [4.69, 9.17) is 4.74 Å². The normalized spacial score (nSPS) is 16.8. The lowest BCUT2D eigenvalue weighted by atomic mass is 9.84. The van der Waals surface area contributed by atoms with Crippen LogP contribution in [0.4, 0.5) is 0 Å². The fourth-order valence-corrected chi connectivity index (χ4v) is 3.18. The smallest absolute Gasteiger partial charge is 0.128 e. The molecule has 0 saturated carbocycles. The monoisotopic (exact) mass is 282 g/mol. The summed E-state index contributed by atoms with van der Waals surface area (Å²) in [6.07, 6.45) is 2.06. The number of ether oxygens (including phenoxy) is 1. The predicted molar refractivity (Wildman–Crippen MR) is 84.8 cm³/mol. The molecule has 1 heterocycles. The first-order chi connectivity index (χ1) is 9.98. The van der Waals surface area contributed by atoms with Gasteiger partial charge in [0, 0.05) is 5.56 Å². The van der Waals surface area contributed by atoms with Crippen molar-refractivity contribution in [3.63, 3.8) is 0 Å². The van der Waals surface area contributed by atoms with Gasteiger partial charge < -0.3 is 9.84 Å². The Hall–Kier alpha value is -1.80. The minimum absolute atomic E-state index is 0.729. The van der Waals surface area contributed by atoms with E-state index in [-0.39, 0.29) is 0 Å². The van der Waals surface area contributed by atoms with Gasteiger partial charge in [-0.15, -0.1) is 0 Å². The number of para-hydroxylation sites is 1. The Kier molecular flexibility index (Phi) is 3.50. The summed E-state index contributed by atoms with van der Waals surface area (Å²) >= 11 is 0. The Morgan fingerprint density at radius 3 is 2.52 bits per heavy atom. The number of benzene rings is 2. The van der Waals surface area contributed by atoms with E-state index in [1.54, 1.807) is 0 Å².